The van der Waals surface area contributed by atoms with Crippen LogP contribution in [0.4, 0.5) is 13.2 Å². The van der Waals surface area contributed by atoms with Gasteiger partial charge in [0.1, 0.15) is 5.75 Å². The van der Waals surface area contributed by atoms with E-state index in [0.717, 1.165) is 12.8 Å². The quantitative estimate of drug-likeness (QED) is 0.922. The van der Waals surface area contributed by atoms with Crippen molar-refractivity contribution in [1.82, 2.24) is 0 Å². The van der Waals surface area contributed by atoms with Gasteiger partial charge in [-0.25, -0.2) is 0 Å². The molecule has 0 spiro atoms. The van der Waals surface area contributed by atoms with E-state index in [1.165, 1.54) is 12.1 Å². The number of alkyl halides is 3. The summed E-state index contributed by atoms with van der Waals surface area (Å²) >= 11 is 0. The van der Waals surface area contributed by atoms with Gasteiger partial charge in [-0.2, -0.15) is 0 Å². The summed E-state index contributed by atoms with van der Waals surface area (Å²) in [7, 11) is 0. The van der Waals surface area contributed by atoms with E-state index in [4.69, 9.17) is 10.5 Å². The molecule has 1 aromatic carbocycles. The highest BCUT2D eigenvalue weighted by Crippen LogP contribution is 2.35. The Labute approximate surface area is 109 Å². The second kappa shape index (κ2) is 5.79. The first-order chi connectivity index (χ1) is 8.97. The van der Waals surface area contributed by atoms with Gasteiger partial charge >= 0.3 is 6.36 Å². The van der Waals surface area contributed by atoms with Crippen molar-refractivity contribution in [2.45, 2.75) is 25.2 Å². The minimum Gasteiger partial charge on any atom is -0.405 e. The molecule has 0 bridgehead atoms. The Bertz CT molecular complexity index is 417. The van der Waals surface area contributed by atoms with Crippen molar-refractivity contribution >= 4 is 0 Å². The summed E-state index contributed by atoms with van der Waals surface area (Å²) in [6.07, 6.45) is -3.20. The number of ether oxygens (including phenoxy) is 2. The second-order valence-corrected chi connectivity index (χ2v) is 4.56. The Hall–Kier alpha value is -1.27. The zero-order chi connectivity index (χ0) is 13.9. The summed E-state index contributed by atoms with van der Waals surface area (Å²) in [6.45, 7) is 1.20. The third-order valence-corrected chi connectivity index (χ3v) is 3.28. The number of hydrogen-bond acceptors (Lipinski definition) is 3. The van der Waals surface area contributed by atoms with E-state index in [2.05, 4.69) is 4.74 Å². The maximum absolute atomic E-state index is 12.3. The highest BCUT2D eigenvalue weighted by atomic mass is 19.4. The van der Waals surface area contributed by atoms with E-state index in [9.17, 15) is 13.2 Å². The highest BCUT2D eigenvalue weighted by Gasteiger charge is 2.33. The van der Waals surface area contributed by atoms with Crippen molar-refractivity contribution in [2.75, 3.05) is 13.2 Å². The average Bonchev–Trinajstić information content (AvgIpc) is 2.38. The molecule has 1 saturated heterocycles. The van der Waals surface area contributed by atoms with Crippen LogP contribution in [0.25, 0.3) is 0 Å². The molecule has 0 amide bonds. The summed E-state index contributed by atoms with van der Waals surface area (Å²) in [6, 6.07) is 5.57. The van der Waals surface area contributed by atoms with Crippen LogP contribution < -0.4 is 10.5 Å². The summed E-state index contributed by atoms with van der Waals surface area (Å²) in [5.74, 6) is -0.0966. The Morgan fingerprint density at radius 3 is 2.47 bits per heavy atom. The number of halogens is 3. The zero-order valence-corrected chi connectivity index (χ0v) is 10.3. The molecular formula is C13H16F3NO2. The summed E-state index contributed by atoms with van der Waals surface area (Å²) in [4.78, 5) is 0. The maximum atomic E-state index is 12.3. The van der Waals surface area contributed by atoms with Crippen LogP contribution in [0.5, 0.6) is 5.75 Å². The van der Waals surface area contributed by atoms with Gasteiger partial charge in [0, 0.05) is 24.8 Å². The molecule has 0 aliphatic carbocycles. The van der Waals surface area contributed by atoms with E-state index in [1.807, 2.05) is 0 Å². The highest BCUT2D eigenvalue weighted by molar-refractivity contribution is 5.36. The van der Waals surface area contributed by atoms with Crippen LogP contribution in [0, 0.1) is 5.92 Å². The van der Waals surface area contributed by atoms with Gasteiger partial charge in [0.2, 0.25) is 0 Å². The maximum Gasteiger partial charge on any atom is 0.573 e. The summed E-state index contributed by atoms with van der Waals surface area (Å²) in [5.41, 5.74) is 6.48. The van der Waals surface area contributed by atoms with Crippen molar-refractivity contribution in [2.24, 2.45) is 11.7 Å². The summed E-state index contributed by atoms with van der Waals surface area (Å²) in [5, 5.41) is 0. The minimum atomic E-state index is -4.70. The van der Waals surface area contributed by atoms with Gasteiger partial charge in [0.15, 0.2) is 0 Å². The molecule has 3 nitrogen and oxygen atoms in total. The third-order valence-electron chi connectivity index (χ3n) is 3.28. The van der Waals surface area contributed by atoms with E-state index < -0.39 is 12.4 Å². The number of benzene rings is 1. The lowest BCUT2D eigenvalue weighted by Gasteiger charge is -2.29. The van der Waals surface area contributed by atoms with Crippen molar-refractivity contribution in [3.05, 3.63) is 29.8 Å². The van der Waals surface area contributed by atoms with Gasteiger partial charge in [-0.3, -0.25) is 0 Å². The Morgan fingerprint density at radius 1 is 1.21 bits per heavy atom. The van der Waals surface area contributed by atoms with E-state index in [1.54, 1.807) is 12.1 Å². The molecule has 1 aliphatic heterocycles. The fraction of sp³-hybridized carbons (Fsp3) is 0.538. The van der Waals surface area contributed by atoms with E-state index in [0.29, 0.717) is 18.8 Å². The van der Waals surface area contributed by atoms with Crippen LogP contribution in [0.3, 0.4) is 0 Å². The van der Waals surface area contributed by atoms with Gasteiger partial charge in [-0.1, -0.05) is 18.2 Å². The monoisotopic (exact) mass is 275 g/mol. The van der Waals surface area contributed by atoms with Crippen LogP contribution in [-0.2, 0) is 4.74 Å². The number of para-hydroxylation sites is 1. The predicted octanol–water partition coefficient (Wildman–Crippen LogP) is 3.01. The molecule has 2 N–H and O–H groups in total. The number of hydrogen-bond donors (Lipinski definition) is 1. The molecule has 0 aromatic heterocycles. The first kappa shape index (κ1) is 14.1. The Morgan fingerprint density at radius 2 is 1.84 bits per heavy atom. The third kappa shape index (κ3) is 3.84. The molecule has 1 aliphatic rings. The van der Waals surface area contributed by atoms with Crippen LogP contribution in [-0.4, -0.2) is 19.6 Å². The predicted molar refractivity (Wildman–Crippen MR) is 63.6 cm³/mol. The van der Waals surface area contributed by atoms with Gasteiger partial charge < -0.3 is 15.2 Å². The van der Waals surface area contributed by atoms with Crippen molar-refractivity contribution < 1.29 is 22.6 Å². The molecule has 106 valence electrons. The molecule has 1 atom stereocenters. The standard InChI is InChI=1S/C13H16F3NO2/c14-13(15,16)19-11-4-2-1-3-10(11)12(17)9-5-7-18-8-6-9/h1-4,9,12H,5-8,17H2/t12-/m0/s1. The molecule has 0 radical (unpaired) electrons. The van der Waals surface area contributed by atoms with Crippen LogP contribution in [0.1, 0.15) is 24.4 Å². The molecule has 1 aromatic rings. The number of rotatable bonds is 3. The molecular weight excluding hydrogens is 259 g/mol. The van der Waals surface area contributed by atoms with Crippen molar-refractivity contribution in [3.63, 3.8) is 0 Å². The van der Waals surface area contributed by atoms with Gasteiger partial charge in [-0.05, 0) is 24.8 Å². The van der Waals surface area contributed by atoms with E-state index in [-0.39, 0.29) is 11.7 Å². The first-order valence-electron chi connectivity index (χ1n) is 6.15. The molecule has 1 heterocycles. The molecule has 19 heavy (non-hydrogen) atoms. The molecule has 1 fully saturated rings. The fourth-order valence-electron chi connectivity index (χ4n) is 2.30. The lowest BCUT2D eigenvalue weighted by molar-refractivity contribution is -0.275. The molecule has 6 heteroatoms. The normalized spacial score (nSPS) is 19.2. The van der Waals surface area contributed by atoms with Crippen LogP contribution in [0.15, 0.2) is 24.3 Å². The van der Waals surface area contributed by atoms with Gasteiger partial charge in [0.25, 0.3) is 0 Å². The molecule has 0 unspecified atom stereocenters. The van der Waals surface area contributed by atoms with Gasteiger partial charge in [-0.15, -0.1) is 13.2 Å². The number of nitrogens with two attached hydrogens (primary N) is 1. The van der Waals surface area contributed by atoms with Crippen LogP contribution >= 0.6 is 0 Å². The summed E-state index contributed by atoms with van der Waals surface area (Å²) < 4.78 is 46.3. The average molecular weight is 275 g/mol. The Kier molecular flexibility index (Phi) is 4.31. The zero-order valence-electron chi connectivity index (χ0n) is 10.3. The largest absolute Gasteiger partial charge is 0.573 e. The van der Waals surface area contributed by atoms with Crippen molar-refractivity contribution in [3.8, 4) is 5.75 Å². The Balaban J connectivity index is 2.18. The first-order valence-corrected chi connectivity index (χ1v) is 6.15. The second-order valence-electron chi connectivity index (χ2n) is 4.56. The minimum absolute atomic E-state index is 0.117. The van der Waals surface area contributed by atoms with E-state index >= 15 is 0 Å². The van der Waals surface area contributed by atoms with Crippen molar-refractivity contribution in [1.29, 1.82) is 0 Å². The van der Waals surface area contributed by atoms with Gasteiger partial charge in [0.05, 0.1) is 0 Å². The fourth-order valence-corrected chi connectivity index (χ4v) is 2.30. The smallest absolute Gasteiger partial charge is 0.405 e. The SMILES string of the molecule is N[C@H](c1ccccc1OC(F)(F)F)C1CCOCC1. The lowest BCUT2D eigenvalue weighted by atomic mass is 9.87. The molecule has 0 saturated carbocycles. The molecule has 2 rings (SSSR count). The lowest BCUT2D eigenvalue weighted by Crippen LogP contribution is -2.28. The topological polar surface area (TPSA) is 44.5 Å². The van der Waals surface area contributed by atoms with Crippen LogP contribution in [0.2, 0.25) is 0 Å².